The highest BCUT2D eigenvalue weighted by Crippen LogP contribution is 2.36. The Balaban J connectivity index is 3.47. The van der Waals surface area contributed by atoms with Crippen molar-refractivity contribution in [3.63, 3.8) is 0 Å². The number of pyridine rings is 1. The molecule has 0 saturated heterocycles. The van der Waals surface area contributed by atoms with Crippen LogP contribution in [0.5, 0.6) is 0 Å². The van der Waals surface area contributed by atoms with E-state index in [4.69, 9.17) is 0 Å². The van der Waals surface area contributed by atoms with E-state index in [-0.39, 0.29) is 3.70 Å². The lowest BCUT2D eigenvalue weighted by Crippen LogP contribution is -2.15. The first-order chi connectivity index (χ1) is 6.73. The third-order valence-electron chi connectivity index (χ3n) is 1.46. The summed E-state index contributed by atoms with van der Waals surface area (Å²) in [6.07, 6.45) is -8.64. The molecule has 0 aliphatic heterocycles. The van der Waals surface area contributed by atoms with Crippen LogP contribution in [0, 0.1) is 9.52 Å². The lowest BCUT2D eigenvalue weighted by atomic mass is 10.2. The van der Waals surface area contributed by atoms with Gasteiger partial charge in [0.15, 0.2) is 5.69 Å². The minimum absolute atomic E-state index is 0.332. The Labute approximate surface area is 93.6 Å². The molecule has 1 heterocycles. The Hall–Kier alpha value is -0.540. The summed E-state index contributed by atoms with van der Waals surface area (Å²) >= 11 is 1.32. The van der Waals surface area contributed by atoms with Crippen LogP contribution in [-0.2, 0) is 6.18 Å². The van der Waals surface area contributed by atoms with Crippen LogP contribution in [0.4, 0.5) is 26.3 Å². The molecule has 0 bridgehead atoms. The molecular formula is C7H2F6IN. The second kappa shape index (κ2) is 4.14. The summed E-state index contributed by atoms with van der Waals surface area (Å²) in [4.78, 5) is 2.87. The van der Waals surface area contributed by atoms with E-state index in [0.29, 0.717) is 6.07 Å². The first-order valence-corrected chi connectivity index (χ1v) is 4.52. The zero-order chi connectivity index (χ0) is 11.8. The predicted octanol–water partition coefficient (Wildman–Crippen LogP) is 3.78. The fraction of sp³-hybridized carbons (Fsp3) is 0.286. The molecule has 0 radical (unpaired) electrons. The highest BCUT2D eigenvalue weighted by Gasteiger charge is 2.39. The van der Waals surface area contributed by atoms with Gasteiger partial charge in [0.25, 0.3) is 6.43 Å². The summed E-state index contributed by atoms with van der Waals surface area (Å²) in [6.45, 7) is 0. The molecule has 0 saturated carbocycles. The molecule has 8 heteroatoms. The standard InChI is InChI=1S/C7H2F6IN/c8-2-1-3(14)15-5(7(11,12)13)4(2)6(9)10/h1,6H. The van der Waals surface area contributed by atoms with Gasteiger partial charge in [-0.2, -0.15) is 13.2 Å². The van der Waals surface area contributed by atoms with E-state index in [1.54, 1.807) is 0 Å². The molecular weight excluding hydrogens is 339 g/mol. The topological polar surface area (TPSA) is 12.9 Å². The molecule has 0 fully saturated rings. The highest BCUT2D eigenvalue weighted by atomic mass is 127. The minimum atomic E-state index is -5.09. The van der Waals surface area contributed by atoms with Crippen LogP contribution in [-0.4, -0.2) is 4.98 Å². The Morgan fingerprint density at radius 2 is 1.80 bits per heavy atom. The van der Waals surface area contributed by atoms with Crippen molar-refractivity contribution < 1.29 is 26.3 Å². The Kier molecular flexibility index (Phi) is 3.46. The Morgan fingerprint density at radius 1 is 1.27 bits per heavy atom. The molecule has 15 heavy (non-hydrogen) atoms. The minimum Gasteiger partial charge on any atom is -0.237 e. The van der Waals surface area contributed by atoms with Gasteiger partial charge in [0.2, 0.25) is 0 Å². The van der Waals surface area contributed by atoms with E-state index < -0.39 is 29.7 Å². The van der Waals surface area contributed by atoms with Gasteiger partial charge in [0.1, 0.15) is 9.52 Å². The molecule has 0 unspecified atom stereocenters. The number of alkyl halides is 5. The molecule has 0 atom stereocenters. The maximum absolute atomic E-state index is 12.9. The first-order valence-electron chi connectivity index (χ1n) is 3.44. The summed E-state index contributed by atoms with van der Waals surface area (Å²) in [5.41, 5.74) is -3.58. The van der Waals surface area contributed by atoms with Crippen molar-refractivity contribution in [2.75, 3.05) is 0 Å². The van der Waals surface area contributed by atoms with E-state index in [1.165, 1.54) is 22.6 Å². The van der Waals surface area contributed by atoms with Crippen LogP contribution < -0.4 is 0 Å². The molecule has 1 aromatic rings. The zero-order valence-electron chi connectivity index (χ0n) is 6.75. The van der Waals surface area contributed by atoms with E-state index in [0.717, 1.165) is 0 Å². The molecule has 0 aliphatic carbocycles. The van der Waals surface area contributed by atoms with Gasteiger partial charge in [-0.05, 0) is 22.6 Å². The van der Waals surface area contributed by atoms with Crippen molar-refractivity contribution >= 4 is 22.6 Å². The number of aromatic nitrogens is 1. The largest absolute Gasteiger partial charge is 0.433 e. The Morgan fingerprint density at radius 3 is 2.20 bits per heavy atom. The van der Waals surface area contributed by atoms with Crippen molar-refractivity contribution in [3.8, 4) is 0 Å². The van der Waals surface area contributed by atoms with Crippen molar-refractivity contribution in [3.05, 3.63) is 26.8 Å². The maximum atomic E-state index is 12.9. The first kappa shape index (κ1) is 12.5. The average Bonchev–Trinajstić information content (AvgIpc) is 1.99. The summed E-state index contributed by atoms with van der Waals surface area (Å²) in [6, 6.07) is 0.525. The molecule has 84 valence electrons. The van der Waals surface area contributed by atoms with Gasteiger partial charge >= 0.3 is 6.18 Å². The SMILES string of the molecule is Fc1cc(I)nc(C(F)(F)F)c1C(F)F. The summed E-state index contributed by atoms with van der Waals surface area (Å²) < 4.78 is 73.5. The quantitative estimate of drug-likeness (QED) is 0.430. The van der Waals surface area contributed by atoms with Gasteiger partial charge in [-0.15, -0.1) is 0 Å². The van der Waals surface area contributed by atoms with E-state index in [9.17, 15) is 26.3 Å². The van der Waals surface area contributed by atoms with Gasteiger partial charge in [0.05, 0.1) is 5.56 Å². The molecule has 1 aromatic heterocycles. The van der Waals surface area contributed by atoms with Crippen LogP contribution in [0.1, 0.15) is 17.7 Å². The van der Waals surface area contributed by atoms with Crippen molar-refractivity contribution in [1.82, 2.24) is 4.98 Å². The van der Waals surface area contributed by atoms with Crippen molar-refractivity contribution in [1.29, 1.82) is 0 Å². The average molecular weight is 341 g/mol. The van der Waals surface area contributed by atoms with Crippen molar-refractivity contribution in [2.24, 2.45) is 0 Å². The van der Waals surface area contributed by atoms with Crippen LogP contribution in [0.3, 0.4) is 0 Å². The molecule has 0 aliphatic rings. The summed E-state index contributed by atoms with van der Waals surface area (Å²) in [5, 5.41) is 0. The van der Waals surface area contributed by atoms with Crippen LogP contribution >= 0.6 is 22.6 Å². The number of halogens is 7. The maximum Gasteiger partial charge on any atom is 0.433 e. The van der Waals surface area contributed by atoms with E-state index in [1.807, 2.05) is 0 Å². The predicted molar refractivity (Wildman–Crippen MR) is 46.9 cm³/mol. The molecule has 1 rings (SSSR count). The number of rotatable bonds is 1. The number of hydrogen-bond donors (Lipinski definition) is 0. The van der Waals surface area contributed by atoms with Crippen LogP contribution in [0.15, 0.2) is 6.07 Å². The summed E-state index contributed by atoms with van der Waals surface area (Å²) in [5.74, 6) is -1.60. The lowest BCUT2D eigenvalue weighted by Gasteiger charge is -2.12. The zero-order valence-corrected chi connectivity index (χ0v) is 8.91. The number of nitrogens with zero attached hydrogens (tertiary/aromatic N) is 1. The van der Waals surface area contributed by atoms with Gasteiger partial charge in [-0.3, -0.25) is 0 Å². The van der Waals surface area contributed by atoms with Crippen molar-refractivity contribution in [2.45, 2.75) is 12.6 Å². The molecule has 0 N–H and O–H groups in total. The van der Waals surface area contributed by atoms with E-state index >= 15 is 0 Å². The normalized spacial score (nSPS) is 12.3. The second-order valence-corrected chi connectivity index (χ2v) is 3.59. The smallest absolute Gasteiger partial charge is 0.237 e. The second-order valence-electron chi connectivity index (χ2n) is 2.49. The molecule has 0 aromatic carbocycles. The summed E-state index contributed by atoms with van der Waals surface area (Å²) in [7, 11) is 0. The number of hydrogen-bond acceptors (Lipinski definition) is 1. The van der Waals surface area contributed by atoms with Gasteiger partial charge in [0, 0.05) is 6.07 Å². The molecule has 0 spiro atoms. The molecule has 0 amide bonds. The van der Waals surface area contributed by atoms with Crippen LogP contribution in [0.25, 0.3) is 0 Å². The van der Waals surface area contributed by atoms with Crippen LogP contribution in [0.2, 0.25) is 0 Å². The fourth-order valence-corrected chi connectivity index (χ4v) is 1.43. The van der Waals surface area contributed by atoms with Gasteiger partial charge < -0.3 is 0 Å². The van der Waals surface area contributed by atoms with Gasteiger partial charge in [-0.25, -0.2) is 18.2 Å². The van der Waals surface area contributed by atoms with Gasteiger partial charge in [-0.1, -0.05) is 0 Å². The highest BCUT2D eigenvalue weighted by molar-refractivity contribution is 14.1. The lowest BCUT2D eigenvalue weighted by molar-refractivity contribution is -0.143. The molecule has 1 nitrogen and oxygen atoms in total. The fourth-order valence-electron chi connectivity index (χ4n) is 0.918. The Bertz CT molecular complexity index is 374. The third kappa shape index (κ3) is 2.73. The monoisotopic (exact) mass is 341 g/mol. The van der Waals surface area contributed by atoms with E-state index in [2.05, 4.69) is 4.98 Å². The third-order valence-corrected chi connectivity index (χ3v) is 2.02.